The normalized spacial score (nSPS) is 21.5. The van der Waals surface area contributed by atoms with Crippen molar-refractivity contribution in [2.75, 3.05) is 13.2 Å². The summed E-state index contributed by atoms with van der Waals surface area (Å²) in [7, 11) is 0. The van der Waals surface area contributed by atoms with Crippen molar-refractivity contribution in [2.45, 2.75) is 64.1 Å². The number of fused-ring (bicyclic) bond motifs is 4. The Morgan fingerprint density at radius 2 is 1.77 bits per heavy atom. The van der Waals surface area contributed by atoms with Gasteiger partial charge in [0.2, 0.25) is 0 Å². The summed E-state index contributed by atoms with van der Waals surface area (Å²) in [6, 6.07) is 14.8. The zero-order valence-electron chi connectivity index (χ0n) is 17.9. The lowest BCUT2D eigenvalue weighted by Gasteiger charge is -2.49. The van der Waals surface area contributed by atoms with Gasteiger partial charge < -0.3 is 14.2 Å². The summed E-state index contributed by atoms with van der Waals surface area (Å²) in [6.45, 7) is 5.34. The molecule has 5 nitrogen and oxygen atoms in total. The Morgan fingerprint density at radius 1 is 1.00 bits per heavy atom. The first-order chi connectivity index (χ1) is 14.7. The number of rotatable bonds is 5. The van der Waals surface area contributed by atoms with Crippen LogP contribution in [0, 0.1) is 0 Å². The quantitative estimate of drug-likeness (QED) is 0.640. The van der Waals surface area contributed by atoms with Gasteiger partial charge in [-0.1, -0.05) is 18.6 Å². The zero-order valence-corrected chi connectivity index (χ0v) is 17.9. The molecule has 2 heterocycles. The molecule has 0 bridgehead atoms. The second kappa shape index (κ2) is 7.86. The topological polar surface area (TPSA) is 43.3 Å². The molecule has 5 heteroatoms. The maximum absolute atomic E-state index is 6.77. The summed E-state index contributed by atoms with van der Waals surface area (Å²) in [6.07, 6.45) is 6.49. The van der Waals surface area contributed by atoms with E-state index in [1.807, 2.05) is 32.0 Å². The third-order valence-corrected chi connectivity index (χ3v) is 6.42. The molecule has 2 aliphatic heterocycles. The smallest absolute Gasteiger partial charge is 0.198 e. The van der Waals surface area contributed by atoms with Gasteiger partial charge in [-0.15, -0.1) is 0 Å². The lowest BCUT2D eigenvalue weighted by atomic mass is 9.86. The molecule has 30 heavy (non-hydrogen) atoms. The first-order valence-corrected chi connectivity index (χ1v) is 11.3. The Balaban J connectivity index is 1.54. The fourth-order valence-electron chi connectivity index (χ4n) is 5.06. The summed E-state index contributed by atoms with van der Waals surface area (Å²) in [4.78, 5) is 0. The highest BCUT2D eigenvalue weighted by Gasteiger charge is 2.51. The summed E-state index contributed by atoms with van der Waals surface area (Å²) < 4.78 is 18.3. The molecule has 0 saturated heterocycles. The van der Waals surface area contributed by atoms with Crippen LogP contribution in [0.4, 0.5) is 0 Å². The molecule has 2 aromatic rings. The Hall–Kier alpha value is -2.69. The highest BCUT2D eigenvalue weighted by atomic mass is 16.6. The molecular weight excluding hydrogens is 376 g/mol. The molecule has 1 spiro atoms. The summed E-state index contributed by atoms with van der Waals surface area (Å²) in [5.74, 6) is 2.68. The van der Waals surface area contributed by atoms with Crippen molar-refractivity contribution in [1.29, 1.82) is 0 Å². The van der Waals surface area contributed by atoms with E-state index in [0.717, 1.165) is 47.8 Å². The van der Waals surface area contributed by atoms with Gasteiger partial charge in [0.15, 0.2) is 17.2 Å². The number of benzene rings is 2. The van der Waals surface area contributed by atoms with Crippen molar-refractivity contribution >= 4 is 5.71 Å². The minimum absolute atomic E-state index is 0.189. The van der Waals surface area contributed by atoms with Gasteiger partial charge in [-0.3, -0.25) is 0 Å². The van der Waals surface area contributed by atoms with Crippen LogP contribution in [-0.2, 0) is 0 Å². The number of hydrogen-bond acceptors (Lipinski definition) is 5. The van der Waals surface area contributed by atoms with E-state index >= 15 is 0 Å². The molecular formula is C25H30N2O3. The van der Waals surface area contributed by atoms with Crippen molar-refractivity contribution in [1.82, 2.24) is 5.01 Å². The molecule has 3 aliphatic rings. The third-order valence-electron chi connectivity index (χ3n) is 6.42. The summed E-state index contributed by atoms with van der Waals surface area (Å²) in [5.41, 5.74) is 3.09. The Morgan fingerprint density at radius 3 is 2.50 bits per heavy atom. The maximum atomic E-state index is 6.77. The van der Waals surface area contributed by atoms with Gasteiger partial charge in [-0.2, -0.15) is 5.10 Å². The van der Waals surface area contributed by atoms with Gasteiger partial charge >= 0.3 is 0 Å². The monoisotopic (exact) mass is 406 g/mol. The second-order valence-electron chi connectivity index (χ2n) is 8.29. The molecule has 5 rings (SSSR count). The molecule has 0 radical (unpaired) electrons. The van der Waals surface area contributed by atoms with Crippen LogP contribution in [-0.4, -0.2) is 29.7 Å². The van der Waals surface area contributed by atoms with E-state index in [4.69, 9.17) is 19.3 Å². The molecule has 1 atom stereocenters. The maximum Gasteiger partial charge on any atom is 0.198 e. The Labute approximate surface area is 178 Å². The predicted octanol–water partition coefficient (Wildman–Crippen LogP) is 5.69. The van der Waals surface area contributed by atoms with E-state index in [0.29, 0.717) is 13.2 Å². The minimum atomic E-state index is -0.365. The standard InChI is InChI=1S/C25H30N2O3/c1-3-28-19-13-11-18(12-14-19)21-17-22-20-9-8-10-23(29-4-2)24(20)30-25(27(22)26-21)15-6-5-7-16-25/h8-14,22H,3-7,15-17H2,1-2H3/t22-/m0/s1. The van der Waals surface area contributed by atoms with E-state index in [-0.39, 0.29) is 11.8 Å². The van der Waals surface area contributed by atoms with Crippen LogP contribution in [0.3, 0.4) is 0 Å². The fraction of sp³-hybridized carbons (Fsp3) is 0.480. The summed E-state index contributed by atoms with van der Waals surface area (Å²) >= 11 is 0. The lowest BCUT2D eigenvalue weighted by molar-refractivity contribution is -0.141. The van der Waals surface area contributed by atoms with Crippen LogP contribution in [0.15, 0.2) is 47.6 Å². The molecule has 0 N–H and O–H groups in total. The largest absolute Gasteiger partial charge is 0.494 e. The highest BCUT2D eigenvalue weighted by molar-refractivity contribution is 6.02. The van der Waals surface area contributed by atoms with E-state index in [9.17, 15) is 0 Å². The van der Waals surface area contributed by atoms with Gasteiger partial charge in [0.05, 0.1) is 25.0 Å². The zero-order chi connectivity index (χ0) is 20.6. The van der Waals surface area contributed by atoms with Crippen LogP contribution in [0.5, 0.6) is 17.2 Å². The van der Waals surface area contributed by atoms with Crippen LogP contribution in [0.25, 0.3) is 0 Å². The van der Waals surface area contributed by atoms with E-state index in [1.54, 1.807) is 0 Å². The van der Waals surface area contributed by atoms with Crippen molar-refractivity contribution < 1.29 is 14.2 Å². The van der Waals surface area contributed by atoms with E-state index in [1.165, 1.54) is 24.8 Å². The average Bonchev–Trinajstić information content (AvgIpc) is 3.23. The number of hydrogen-bond donors (Lipinski definition) is 0. The number of hydrazone groups is 1. The van der Waals surface area contributed by atoms with Crippen molar-refractivity contribution in [2.24, 2.45) is 5.10 Å². The molecule has 1 saturated carbocycles. The molecule has 0 unspecified atom stereocenters. The van der Waals surface area contributed by atoms with E-state index in [2.05, 4.69) is 29.3 Å². The van der Waals surface area contributed by atoms with Crippen molar-refractivity contribution in [3.8, 4) is 17.2 Å². The van der Waals surface area contributed by atoms with Gasteiger partial charge in [-0.25, -0.2) is 5.01 Å². The predicted molar refractivity (Wildman–Crippen MR) is 117 cm³/mol. The molecule has 2 aromatic carbocycles. The van der Waals surface area contributed by atoms with Gasteiger partial charge in [-0.05, 0) is 62.6 Å². The average molecular weight is 407 g/mol. The van der Waals surface area contributed by atoms with Crippen LogP contribution < -0.4 is 14.2 Å². The minimum Gasteiger partial charge on any atom is -0.494 e. The SMILES string of the molecule is CCOc1ccc(C2=NN3[C@@H](C2)c2cccc(OCC)c2OC32CCCCC2)cc1. The molecule has 0 aromatic heterocycles. The number of para-hydroxylation sites is 1. The van der Waals surface area contributed by atoms with E-state index < -0.39 is 0 Å². The van der Waals surface area contributed by atoms with Crippen molar-refractivity contribution in [3.63, 3.8) is 0 Å². The third kappa shape index (κ3) is 3.21. The highest BCUT2D eigenvalue weighted by Crippen LogP contribution is 2.53. The van der Waals surface area contributed by atoms with Crippen LogP contribution in [0.1, 0.15) is 69.5 Å². The van der Waals surface area contributed by atoms with Crippen LogP contribution in [0.2, 0.25) is 0 Å². The molecule has 158 valence electrons. The summed E-state index contributed by atoms with van der Waals surface area (Å²) in [5, 5.41) is 7.42. The number of nitrogens with zero attached hydrogens (tertiary/aromatic N) is 2. The van der Waals surface area contributed by atoms with Gasteiger partial charge in [0.1, 0.15) is 5.75 Å². The Bertz CT molecular complexity index is 932. The molecule has 1 aliphatic carbocycles. The molecule has 1 fully saturated rings. The molecule has 0 amide bonds. The van der Waals surface area contributed by atoms with Gasteiger partial charge in [0, 0.05) is 24.8 Å². The van der Waals surface area contributed by atoms with Gasteiger partial charge in [0.25, 0.3) is 0 Å². The second-order valence-corrected chi connectivity index (χ2v) is 8.29. The first-order valence-electron chi connectivity index (χ1n) is 11.3. The van der Waals surface area contributed by atoms with Crippen molar-refractivity contribution in [3.05, 3.63) is 53.6 Å². The number of ether oxygens (including phenoxy) is 3. The fourth-order valence-corrected chi connectivity index (χ4v) is 5.06. The lowest BCUT2D eigenvalue weighted by Crippen LogP contribution is -2.54. The van der Waals surface area contributed by atoms with Crippen LogP contribution >= 0.6 is 0 Å². The first kappa shape index (κ1) is 19.3. The Kier molecular flexibility index (Phi) is 5.05.